The van der Waals surface area contributed by atoms with Crippen molar-refractivity contribution < 1.29 is 9.90 Å². The Labute approximate surface area is 104 Å². The van der Waals surface area contributed by atoms with Crippen LogP contribution in [0.15, 0.2) is 0 Å². The molecule has 1 rings (SSSR count). The number of amides is 1. The average Bonchev–Trinajstić information content (AvgIpc) is 2.35. The van der Waals surface area contributed by atoms with Crippen LogP contribution < -0.4 is 10.6 Å². The topological polar surface area (TPSA) is 61.4 Å². The number of nitrogens with one attached hydrogen (secondary N) is 2. The van der Waals surface area contributed by atoms with Crippen LogP contribution in [0.25, 0.3) is 0 Å². The summed E-state index contributed by atoms with van der Waals surface area (Å²) >= 11 is 0. The highest BCUT2D eigenvalue weighted by Crippen LogP contribution is 2.21. The van der Waals surface area contributed by atoms with Crippen molar-refractivity contribution in [2.75, 3.05) is 26.2 Å². The predicted octanol–water partition coefficient (Wildman–Crippen LogP) is 0.901. The van der Waals surface area contributed by atoms with E-state index in [1.807, 2.05) is 0 Å². The van der Waals surface area contributed by atoms with Crippen LogP contribution in [0.4, 0.5) is 0 Å². The summed E-state index contributed by atoms with van der Waals surface area (Å²) in [5, 5.41) is 15.1. The summed E-state index contributed by atoms with van der Waals surface area (Å²) in [6.07, 6.45) is 3.82. The van der Waals surface area contributed by atoms with Gasteiger partial charge in [0.05, 0.1) is 5.92 Å². The molecule has 0 radical (unpaired) electrons. The second-order valence-corrected chi connectivity index (χ2v) is 5.75. The van der Waals surface area contributed by atoms with Crippen molar-refractivity contribution in [3.63, 3.8) is 0 Å². The summed E-state index contributed by atoms with van der Waals surface area (Å²) in [7, 11) is 0. The van der Waals surface area contributed by atoms with Gasteiger partial charge in [0.1, 0.15) is 0 Å². The summed E-state index contributed by atoms with van der Waals surface area (Å²) in [5.74, 6) is 0.312. The molecule has 0 spiro atoms. The van der Waals surface area contributed by atoms with E-state index >= 15 is 0 Å². The van der Waals surface area contributed by atoms with Crippen LogP contribution in [-0.4, -0.2) is 37.3 Å². The molecule has 0 aliphatic carbocycles. The maximum absolute atomic E-state index is 11.9. The molecular formula is C13H26N2O2. The van der Waals surface area contributed by atoms with E-state index in [1.165, 1.54) is 0 Å². The third-order valence-electron chi connectivity index (χ3n) is 3.42. The lowest BCUT2D eigenvalue weighted by Crippen LogP contribution is -2.43. The van der Waals surface area contributed by atoms with E-state index in [9.17, 15) is 4.79 Å². The van der Waals surface area contributed by atoms with Gasteiger partial charge in [-0.2, -0.15) is 0 Å². The second-order valence-electron chi connectivity index (χ2n) is 5.75. The summed E-state index contributed by atoms with van der Waals surface area (Å²) in [5.41, 5.74) is 0.0699. The van der Waals surface area contributed by atoms with Crippen LogP contribution in [0.5, 0.6) is 0 Å². The number of aliphatic hydroxyl groups is 1. The van der Waals surface area contributed by atoms with Gasteiger partial charge >= 0.3 is 0 Å². The Morgan fingerprint density at radius 2 is 2.29 bits per heavy atom. The first-order valence-corrected chi connectivity index (χ1v) is 6.64. The lowest BCUT2D eigenvalue weighted by molar-refractivity contribution is -0.125. The van der Waals surface area contributed by atoms with Gasteiger partial charge in [-0.1, -0.05) is 13.8 Å². The van der Waals surface area contributed by atoms with Gasteiger partial charge in [-0.05, 0) is 37.6 Å². The maximum Gasteiger partial charge on any atom is 0.224 e. The molecule has 0 saturated carbocycles. The average molecular weight is 242 g/mol. The van der Waals surface area contributed by atoms with Crippen LogP contribution >= 0.6 is 0 Å². The third-order valence-corrected chi connectivity index (χ3v) is 3.42. The van der Waals surface area contributed by atoms with Crippen molar-refractivity contribution in [3.8, 4) is 0 Å². The summed E-state index contributed by atoms with van der Waals surface area (Å²) in [6, 6.07) is 0. The van der Waals surface area contributed by atoms with Crippen molar-refractivity contribution >= 4 is 5.91 Å². The molecule has 0 aromatic carbocycles. The quantitative estimate of drug-likeness (QED) is 0.648. The fraction of sp³-hybridized carbons (Fsp3) is 0.923. The summed E-state index contributed by atoms with van der Waals surface area (Å²) in [6.45, 7) is 7.02. The van der Waals surface area contributed by atoms with Crippen LogP contribution in [-0.2, 0) is 4.79 Å². The Hall–Kier alpha value is -0.610. The fourth-order valence-corrected chi connectivity index (χ4v) is 2.19. The molecule has 1 aliphatic heterocycles. The molecule has 4 heteroatoms. The van der Waals surface area contributed by atoms with Gasteiger partial charge < -0.3 is 15.7 Å². The molecule has 0 aromatic heterocycles. The highest BCUT2D eigenvalue weighted by molar-refractivity contribution is 5.79. The number of hydrogen-bond donors (Lipinski definition) is 3. The van der Waals surface area contributed by atoms with E-state index in [-0.39, 0.29) is 23.8 Å². The highest BCUT2D eigenvalue weighted by atomic mass is 16.2. The first kappa shape index (κ1) is 14.5. The Morgan fingerprint density at radius 3 is 2.88 bits per heavy atom. The lowest BCUT2D eigenvalue weighted by Gasteiger charge is -2.27. The van der Waals surface area contributed by atoms with Crippen molar-refractivity contribution in [2.24, 2.45) is 11.3 Å². The zero-order valence-electron chi connectivity index (χ0n) is 11.1. The van der Waals surface area contributed by atoms with Gasteiger partial charge in [-0.15, -0.1) is 0 Å². The lowest BCUT2D eigenvalue weighted by atomic mass is 9.87. The van der Waals surface area contributed by atoms with Crippen LogP contribution in [0, 0.1) is 11.3 Å². The Balaban J connectivity index is 2.26. The number of aliphatic hydroxyl groups excluding tert-OH is 1. The molecule has 1 atom stereocenters. The number of piperidine rings is 1. The van der Waals surface area contributed by atoms with Gasteiger partial charge in [-0.3, -0.25) is 4.79 Å². The molecule has 1 saturated heterocycles. The zero-order chi connectivity index (χ0) is 12.7. The summed E-state index contributed by atoms with van der Waals surface area (Å²) in [4.78, 5) is 11.9. The normalized spacial score (nSPS) is 21.2. The zero-order valence-corrected chi connectivity index (χ0v) is 11.1. The first-order valence-electron chi connectivity index (χ1n) is 6.64. The second kappa shape index (κ2) is 6.97. The number of rotatable bonds is 6. The minimum Gasteiger partial charge on any atom is -0.396 e. The van der Waals surface area contributed by atoms with E-state index in [2.05, 4.69) is 24.5 Å². The molecule has 1 aliphatic rings. The van der Waals surface area contributed by atoms with Gasteiger partial charge in [-0.25, -0.2) is 0 Å². The van der Waals surface area contributed by atoms with E-state index in [0.29, 0.717) is 6.54 Å². The van der Waals surface area contributed by atoms with E-state index in [1.54, 1.807) is 0 Å². The van der Waals surface area contributed by atoms with Gasteiger partial charge in [0, 0.05) is 19.7 Å². The molecule has 1 heterocycles. The molecular weight excluding hydrogens is 216 g/mol. The van der Waals surface area contributed by atoms with E-state index in [4.69, 9.17) is 5.11 Å². The molecule has 1 unspecified atom stereocenters. The predicted molar refractivity (Wildman–Crippen MR) is 68.7 cm³/mol. The Morgan fingerprint density at radius 1 is 1.53 bits per heavy atom. The standard InChI is InChI=1S/C13H26N2O2/c1-13(2,6-4-8-16)10-15-12(17)11-5-3-7-14-9-11/h11,14,16H,3-10H2,1-2H3,(H,15,17). The fourth-order valence-electron chi connectivity index (χ4n) is 2.19. The minimum atomic E-state index is 0.0699. The van der Waals surface area contributed by atoms with Crippen LogP contribution in [0.2, 0.25) is 0 Å². The van der Waals surface area contributed by atoms with E-state index < -0.39 is 0 Å². The molecule has 1 amide bonds. The minimum absolute atomic E-state index is 0.0699. The Bertz CT molecular complexity index is 236. The van der Waals surface area contributed by atoms with Gasteiger partial charge in [0.25, 0.3) is 0 Å². The monoisotopic (exact) mass is 242 g/mol. The van der Waals surface area contributed by atoms with Crippen molar-refractivity contribution in [3.05, 3.63) is 0 Å². The molecule has 1 fully saturated rings. The van der Waals surface area contributed by atoms with E-state index in [0.717, 1.165) is 38.8 Å². The first-order chi connectivity index (χ1) is 8.05. The molecule has 0 aromatic rings. The van der Waals surface area contributed by atoms with Crippen molar-refractivity contribution in [1.29, 1.82) is 0 Å². The smallest absolute Gasteiger partial charge is 0.224 e. The Kier molecular flexibility index (Phi) is 5.92. The SMILES string of the molecule is CC(C)(CCCO)CNC(=O)C1CCCNC1. The molecule has 100 valence electrons. The van der Waals surface area contributed by atoms with Gasteiger partial charge in [0.2, 0.25) is 5.91 Å². The largest absolute Gasteiger partial charge is 0.396 e. The highest BCUT2D eigenvalue weighted by Gasteiger charge is 2.23. The van der Waals surface area contributed by atoms with Crippen molar-refractivity contribution in [1.82, 2.24) is 10.6 Å². The maximum atomic E-state index is 11.9. The number of carbonyl (C=O) groups is 1. The third kappa shape index (κ3) is 5.50. The van der Waals surface area contributed by atoms with Crippen molar-refractivity contribution in [2.45, 2.75) is 39.5 Å². The molecule has 3 N–H and O–H groups in total. The molecule has 0 bridgehead atoms. The summed E-state index contributed by atoms with van der Waals surface area (Å²) < 4.78 is 0. The number of carbonyl (C=O) groups excluding carboxylic acids is 1. The van der Waals surface area contributed by atoms with Gasteiger partial charge in [0.15, 0.2) is 0 Å². The molecule has 17 heavy (non-hydrogen) atoms. The van der Waals surface area contributed by atoms with Crippen LogP contribution in [0.3, 0.4) is 0 Å². The molecule has 4 nitrogen and oxygen atoms in total. The number of hydrogen-bond acceptors (Lipinski definition) is 3. The van der Waals surface area contributed by atoms with Crippen LogP contribution in [0.1, 0.15) is 39.5 Å².